The maximum atomic E-state index is 4.76. The number of nitrogens with zero attached hydrogens (tertiary/aromatic N) is 1. The lowest BCUT2D eigenvalue weighted by Gasteiger charge is -2.20. The number of thioether (sulfide) groups is 1. The standard InChI is InChI=1S/C11H17N3S/c1-7-10(8-2-3-8)14-11(13-7)9-6-15-5-4-12-9/h8-9,12H,2-6H2,1H3,(H,13,14). The van der Waals surface area contributed by atoms with Gasteiger partial charge in [0.15, 0.2) is 0 Å². The molecule has 1 aliphatic heterocycles. The van der Waals surface area contributed by atoms with E-state index in [0.717, 1.165) is 24.0 Å². The van der Waals surface area contributed by atoms with Gasteiger partial charge in [0, 0.05) is 29.7 Å². The number of nitrogens with one attached hydrogen (secondary N) is 2. The van der Waals surface area contributed by atoms with Crippen LogP contribution >= 0.6 is 11.8 Å². The Labute approximate surface area is 94.4 Å². The molecule has 15 heavy (non-hydrogen) atoms. The van der Waals surface area contributed by atoms with Crippen LogP contribution in [0.25, 0.3) is 0 Å². The highest BCUT2D eigenvalue weighted by atomic mass is 32.2. The van der Waals surface area contributed by atoms with Crippen LogP contribution < -0.4 is 5.32 Å². The summed E-state index contributed by atoms with van der Waals surface area (Å²) in [7, 11) is 0. The molecule has 1 aromatic heterocycles. The van der Waals surface area contributed by atoms with Crippen LogP contribution in [0.5, 0.6) is 0 Å². The molecule has 3 nitrogen and oxygen atoms in total. The Morgan fingerprint density at radius 3 is 2.93 bits per heavy atom. The zero-order chi connectivity index (χ0) is 10.3. The molecule has 1 atom stereocenters. The Balaban J connectivity index is 1.81. The third-order valence-corrected chi connectivity index (χ3v) is 4.22. The van der Waals surface area contributed by atoms with E-state index < -0.39 is 0 Å². The van der Waals surface area contributed by atoms with E-state index in [2.05, 4.69) is 17.2 Å². The molecule has 1 aromatic rings. The lowest BCUT2D eigenvalue weighted by atomic mass is 10.2. The number of rotatable bonds is 2. The highest BCUT2D eigenvalue weighted by Crippen LogP contribution is 2.40. The number of H-pyrrole nitrogens is 1. The van der Waals surface area contributed by atoms with Gasteiger partial charge in [-0.3, -0.25) is 0 Å². The SMILES string of the molecule is Cc1[nH]c(C2CSCCN2)nc1C1CC1. The maximum Gasteiger partial charge on any atom is 0.124 e. The summed E-state index contributed by atoms with van der Waals surface area (Å²) in [5, 5.41) is 3.52. The van der Waals surface area contributed by atoms with E-state index >= 15 is 0 Å². The number of hydrogen-bond donors (Lipinski definition) is 2. The molecule has 82 valence electrons. The van der Waals surface area contributed by atoms with Crippen LogP contribution in [0.2, 0.25) is 0 Å². The maximum absolute atomic E-state index is 4.76. The summed E-state index contributed by atoms with van der Waals surface area (Å²) in [6.45, 7) is 3.26. The van der Waals surface area contributed by atoms with Gasteiger partial charge in [-0.15, -0.1) is 0 Å². The normalized spacial score (nSPS) is 26.9. The van der Waals surface area contributed by atoms with Gasteiger partial charge in [-0.1, -0.05) is 0 Å². The highest BCUT2D eigenvalue weighted by Gasteiger charge is 2.29. The fraction of sp³-hybridized carbons (Fsp3) is 0.727. The van der Waals surface area contributed by atoms with E-state index in [9.17, 15) is 0 Å². The molecular weight excluding hydrogens is 206 g/mol. The van der Waals surface area contributed by atoms with Crippen molar-refractivity contribution in [2.45, 2.75) is 31.7 Å². The molecule has 1 saturated heterocycles. The van der Waals surface area contributed by atoms with Gasteiger partial charge in [0.2, 0.25) is 0 Å². The second kappa shape index (κ2) is 3.83. The summed E-state index contributed by atoms with van der Waals surface area (Å²) < 4.78 is 0. The van der Waals surface area contributed by atoms with Crippen LogP contribution in [0, 0.1) is 6.92 Å². The van der Waals surface area contributed by atoms with Crippen LogP contribution in [0.3, 0.4) is 0 Å². The fourth-order valence-corrected chi connectivity index (χ4v) is 3.10. The van der Waals surface area contributed by atoms with Crippen LogP contribution in [0.4, 0.5) is 0 Å². The first-order chi connectivity index (χ1) is 7.34. The quantitative estimate of drug-likeness (QED) is 0.805. The molecule has 1 aliphatic carbocycles. The van der Waals surface area contributed by atoms with E-state index in [1.807, 2.05) is 11.8 Å². The minimum Gasteiger partial charge on any atom is -0.345 e. The summed E-state index contributed by atoms with van der Waals surface area (Å²) in [4.78, 5) is 8.21. The van der Waals surface area contributed by atoms with Crippen LogP contribution in [0.1, 0.15) is 42.0 Å². The van der Waals surface area contributed by atoms with Gasteiger partial charge in [0.25, 0.3) is 0 Å². The van der Waals surface area contributed by atoms with Gasteiger partial charge in [-0.2, -0.15) is 11.8 Å². The molecular formula is C11H17N3S. The number of imidazole rings is 1. The minimum atomic E-state index is 0.440. The van der Waals surface area contributed by atoms with Crippen molar-refractivity contribution in [1.82, 2.24) is 15.3 Å². The van der Waals surface area contributed by atoms with Gasteiger partial charge in [-0.25, -0.2) is 4.98 Å². The van der Waals surface area contributed by atoms with Crippen molar-refractivity contribution in [3.05, 3.63) is 17.2 Å². The molecule has 2 heterocycles. The van der Waals surface area contributed by atoms with E-state index in [4.69, 9.17) is 4.98 Å². The van der Waals surface area contributed by atoms with Crippen molar-refractivity contribution in [2.24, 2.45) is 0 Å². The molecule has 2 aliphatic rings. The second-order valence-electron chi connectivity index (χ2n) is 4.49. The van der Waals surface area contributed by atoms with E-state index in [1.54, 1.807) is 0 Å². The lowest BCUT2D eigenvalue weighted by molar-refractivity contribution is 0.568. The first-order valence-corrected chi connectivity index (χ1v) is 6.87. The van der Waals surface area contributed by atoms with Crippen molar-refractivity contribution in [2.75, 3.05) is 18.1 Å². The molecule has 1 saturated carbocycles. The monoisotopic (exact) mass is 223 g/mol. The molecule has 0 radical (unpaired) electrons. The summed E-state index contributed by atoms with van der Waals surface area (Å²) in [6.07, 6.45) is 2.66. The van der Waals surface area contributed by atoms with Crippen molar-refractivity contribution < 1.29 is 0 Å². The lowest BCUT2D eigenvalue weighted by Crippen LogP contribution is -2.31. The average molecular weight is 223 g/mol. The Bertz CT molecular complexity index is 351. The fourth-order valence-electron chi connectivity index (χ4n) is 2.16. The first kappa shape index (κ1) is 9.73. The number of aryl methyl sites for hydroxylation is 1. The van der Waals surface area contributed by atoms with Crippen molar-refractivity contribution in [3.8, 4) is 0 Å². The topological polar surface area (TPSA) is 40.7 Å². The van der Waals surface area contributed by atoms with E-state index in [-0.39, 0.29) is 0 Å². The zero-order valence-corrected chi connectivity index (χ0v) is 9.86. The molecule has 0 bridgehead atoms. The Kier molecular flexibility index (Phi) is 2.48. The summed E-state index contributed by atoms with van der Waals surface area (Å²) in [5.74, 6) is 4.29. The van der Waals surface area contributed by atoms with Gasteiger partial charge in [0.1, 0.15) is 5.82 Å². The molecule has 0 aromatic carbocycles. The van der Waals surface area contributed by atoms with Crippen LogP contribution in [-0.4, -0.2) is 28.0 Å². The van der Waals surface area contributed by atoms with Gasteiger partial charge in [0.05, 0.1) is 11.7 Å². The van der Waals surface area contributed by atoms with E-state index in [1.165, 1.54) is 30.0 Å². The largest absolute Gasteiger partial charge is 0.345 e. The highest BCUT2D eigenvalue weighted by molar-refractivity contribution is 7.99. The van der Waals surface area contributed by atoms with E-state index in [0.29, 0.717) is 6.04 Å². The predicted molar refractivity (Wildman–Crippen MR) is 63.4 cm³/mol. The molecule has 0 amide bonds. The summed E-state index contributed by atoms with van der Waals surface area (Å²) >= 11 is 2.01. The first-order valence-electron chi connectivity index (χ1n) is 5.72. The van der Waals surface area contributed by atoms with Crippen molar-refractivity contribution in [3.63, 3.8) is 0 Å². The Morgan fingerprint density at radius 1 is 1.40 bits per heavy atom. The number of aromatic nitrogens is 2. The molecule has 3 rings (SSSR count). The van der Waals surface area contributed by atoms with Gasteiger partial charge >= 0.3 is 0 Å². The number of aromatic amines is 1. The summed E-state index contributed by atoms with van der Waals surface area (Å²) in [6, 6.07) is 0.440. The van der Waals surface area contributed by atoms with Crippen LogP contribution in [-0.2, 0) is 0 Å². The zero-order valence-electron chi connectivity index (χ0n) is 9.05. The molecule has 0 spiro atoms. The van der Waals surface area contributed by atoms with Gasteiger partial charge < -0.3 is 10.3 Å². The minimum absolute atomic E-state index is 0.440. The molecule has 1 unspecified atom stereocenters. The number of hydrogen-bond acceptors (Lipinski definition) is 3. The van der Waals surface area contributed by atoms with Gasteiger partial charge in [-0.05, 0) is 19.8 Å². The molecule has 2 N–H and O–H groups in total. The Hall–Kier alpha value is -0.480. The third kappa shape index (κ3) is 1.93. The second-order valence-corrected chi connectivity index (χ2v) is 5.64. The van der Waals surface area contributed by atoms with Crippen molar-refractivity contribution >= 4 is 11.8 Å². The molecule has 4 heteroatoms. The van der Waals surface area contributed by atoms with Crippen molar-refractivity contribution in [1.29, 1.82) is 0 Å². The third-order valence-electron chi connectivity index (χ3n) is 3.16. The summed E-state index contributed by atoms with van der Waals surface area (Å²) in [5.41, 5.74) is 2.60. The van der Waals surface area contributed by atoms with Crippen LogP contribution in [0.15, 0.2) is 0 Å². The molecule has 2 fully saturated rings. The Morgan fingerprint density at radius 2 is 2.27 bits per heavy atom. The average Bonchev–Trinajstić information content (AvgIpc) is 3.04. The smallest absolute Gasteiger partial charge is 0.124 e. The predicted octanol–water partition coefficient (Wildman–Crippen LogP) is 1.97.